The first-order valence-electron chi connectivity index (χ1n) is 12.3. The van der Waals surface area contributed by atoms with E-state index in [1.54, 1.807) is 34.6 Å². The molecule has 1 fully saturated rings. The molecule has 0 aliphatic carbocycles. The minimum absolute atomic E-state index is 0.108. The lowest BCUT2D eigenvalue weighted by molar-refractivity contribution is -0.143. The quantitative estimate of drug-likeness (QED) is 0.272. The van der Waals surface area contributed by atoms with Gasteiger partial charge in [-0.2, -0.15) is 0 Å². The Hall–Kier alpha value is -2.89. The number of alkyl carbamates (subject to hydrolysis) is 1. The van der Waals surface area contributed by atoms with Crippen LogP contribution >= 0.6 is 0 Å². The van der Waals surface area contributed by atoms with Crippen LogP contribution in [0.15, 0.2) is 0 Å². The Morgan fingerprint density at radius 1 is 1.06 bits per heavy atom. The van der Waals surface area contributed by atoms with Crippen LogP contribution in [0.5, 0.6) is 0 Å². The van der Waals surface area contributed by atoms with Gasteiger partial charge in [0.05, 0.1) is 12.6 Å². The summed E-state index contributed by atoms with van der Waals surface area (Å²) < 4.78 is 5.25. The Morgan fingerprint density at radius 2 is 1.67 bits per heavy atom. The van der Waals surface area contributed by atoms with E-state index in [1.165, 1.54) is 11.9 Å². The zero-order valence-corrected chi connectivity index (χ0v) is 22.6. The largest absolute Gasteiger partial charge is 0.444 e. The van der Waals surface area contributed by atoms with Crippen molar-refractivity contribution < 1.29 is 33.8 Å². The molecule has 0 aromatic carbocycles. The van der Waals surface area contributed by atoms with E-state index in [0.29, 0.717) is 6.42 Å². The lowest BCUT2D eigenvalue weighted by Crippen LogP contribution is -2.58. The predicted molar refractivity (Wildman–Crippen MR) is 133 cm³/mol. The van der Waals surface area contributed by atoms with Crippen LogP contribution in [0.2, 0.25) is 0 Å². The molecule has 5 N–H and O–H groups in total. The molecule has 0 bridgehead atoms. The van der Waals surface area contributed by atoms with E-state index < -0.39 is 60.2 Å². The average molecular weight is 514 g/mol. The van der Waals surface area contributed by atoms with Gasteiger partial charge in [-0.05, 0) is 45.4 Å². The number of aliphatic hydroxyl groups is 1. The molecular weight excluding hydrogens is 470 g/mol. The fraction of sp³-hybridized carbons (Fsp3) is 0.792. The normalized spacial score (nSPS) is 19.5. The van der Waals surface area contributed by atoms with Gasteiger partial charge in [0, 0.05) is 13.6 Å². The summed E-state index contributed by atoms with van der Waals surface area (Å²) in [4.78, 5) is 64.1. The number of aliphatic hydroxyl groups excluding tert-OH is 1. The maximum absolute atomic E-state index is 13.3. The van der Waals surface area contributed by atoms with Gasteiger partial charge in [-0.1, -0.05) is 27.7 Å². The summed E-state index contributed by atoms with van der Waals surface area (Å²) in [6.45, 7) is 12.1. The number of carbonyl (C=O) groups excluding carboxylic acids is 5. The lowest BCUT2D eigenvalue weighted by Gasteiger charge is -2.31. The molecule has 1 heterocycles. The molecule has 12 nitrogen and oxygen atoms in total. The van der Waals surface area contributed by atoms with E-state index >= 15 is 0 Å². The third-order valence-electron chi connectivity index (χ3n) is 5.55. The van der Waals surface area contributed by atoms with Gasteiger partial charge in [-0.15, -0.1) is 0 Å². The average Bonchev–Trinajstić information content (AvgIpc) is 3.14. The number of hydrogen-bond donors (Lipinski definition) is 5. The number of amides is 5. The van der Waals surface area contributed by atoms with Gasteiger partial charge < -0.3 is 36.0 Å². The molecule has 0 spiro atoms. The Labute approximate surface area is 213 Å². The third-order valence-corrected chi connectivity index (χ3v) is 5.55. The molecule has 0 aromatic heterocycles. The molecule has 1 aliphatic rings. The topological polar surface area (TPSA) is 166 Å². The fourth-order valence-electron chi connectivity index (χ4n) is 3.86. The highest BCUT2D eigenvalue weighted by Crippen LogP contribution is 2.21. The highest BCUT2D eigenvalue weighted by Gasteiger charge is 2.44. The molecule has 206 valence electrons. The van der Waals surface area contributed by atoms with Crippen molar-refractivity contribution in [1.29, 1.82) is 0 Å². The van der Waals surface area contributed by atoms with E-state index in [-0.39, 0.29) is 30.7 Å². The van der Waals surface area contributed by atoms with Crippen LogP contribution in [0.3, 0.4) is 0 Å². The first kappa shape index (κ1) is 31.1. The predicted octanol–water partition coefficient (Wildman–Crippen LogP) is -0.109. The van der Waals surface area contributed by atoms with Gasteiger partial charge in [0.1, 0.15) is 23.7 Å². The maximum Gasteiger partial charge on any atom is 0.408 e. The molecule has 0 saturated carbocycles. The van der Waals surface area contributed by atoms with Gasteiger partial charge in [0.2, 0.25) is 23.6 Å². The zero-order chi connectivity index (χ0) is 27.8. The molecule has 1 rings (SSSR count). The summed E-state index contributed by atoms with van der Waals surface area (Å²) in [7, 11) is 1.47. The number of rotatable bonds is 10. The van der Waals surface area contributed by atoms with Crippen molar-refractivity contribution in [3.8, 4) is 0 Å². The number of nitrogens with one attached hydrogen (secondary N) is 4. The van der Waals surface area contributed by atoms with Crippen molar-refractivity contribution in [3.63, 3.8) is 0 Å². The molecule has 0 unspecified atom stereocenters. The SMILES string of the molecule is CNC(=O)[C@H](CC(C)C)NC(=O)CNC(=O)[C@H]1[C@@H](O)CCN1C(=O)[C@@H](NC(=O)OC(C)(C)C)C(C)C. The van der Waals surface area contributed by atoms with Gasteiger partial charge in [-0.25, -0.2) is 4.79 Å². The van der Waals surface area contributed by atoms with Crippen LogP contribution in [-0.4, -0.2) is 89.7 Å². The maximum atomic E-state index is 13.3. The molecule has 1 saturated heterocycles. The first-order valence-corrected chi connectivity index (χ1v) is 12.3. The Morgan fingerprint density at radius 3 is 2.17 bits per heavy atom. The molecule has 5 amide bonds. The number of hydrogen-bond acceptors (Lipinski definition) is 7. The van der Waals surface area contributed by atoms with E-state index in [4.69, 9.17) is 4.74 Å². The summed E-state index contributed by atoms with van der Waals surface area (Å²) in [6.07, 6.45) is -1.31. The summed E-state index contributed by atoms with van der Waals surface area (Å²) in [5, 5.41) is 20.5. The highest BCUT2D eigenvalue weighted by molar-refractivity contribution is 5.94. The minimum Gasteiger partial charge on any atom is -0.444 e. The summed E-state index contributed by atoms with van der Waals surface area (Å²) in [6, 6.07) is -2.95. The Balaban J connectivity index is 2.86. The van der Waals surface area contributed by atoms with Gasteiger partial charge in [0.15, 0.2) is 0 Å². The van der Waals surface area contributed by atoms with E-state index in [0.717, 1.165) is 0 Å². The number of likely N-dealkylation sites (tertiary alicyclic amines) is 1. The molecule has 4 atom stereocenters. The van der Waals surface area contributed by atoms with Crippen molar-refractivity contribution in [2.75, 3.05) is 20.1 Å². The van der Waals surface area contributed by atoms with Crippen molar-refractivity contribution in [2.24, 2.45) is 11.8 Å². The van der Waals surface area contributed by atoms with Gasteiger partial charge in [0.25, 0.3) is 0 Å². The smallest absolute Gasteiger partial charge is 0.408 e. The number of nitrogens with zero attached hydrogens (tertiary/aromatic N) is 1. The van der Waals surface area contributed by atoms with Crippen LogP contribution in [0.25, 0.3) is 0 Å². The Kier molecular flexibility index (Phi) is 11.6. The second-order valence-corrected chi connectivity index (χ2v) is 10.8. The monoisotopic (exact) mass is 513 g/mol. The summed E-state index contributed by atoms with van der Waals surface area (Å²) >= 11 is 0. The number of carbonyl (C=O) groups is 5. The van der Waals surface area contributed by atoms with Crippen LogP contribution < -0.4 is 21.3 Å². The highest BCUT2D eigenvalue weighted by atomic mass is 16.6. The third kappa shape index (κ3) is 9.63. The molecule has 12 heteroatoms. The molecule has 36 heavy (non-hydrogen) atoms. The van der Waals surface area contributed by atoms with Crippen LogP contribution in [0.1, 0.15) is 61.3 Å². The first-order chi connectivity index (χ1) is 16.6. The fourth-order valence-corrected chi connectivity index (χ4v) is 3.86. The second-order valence-electron chi connectivity index (χ2n) is 10.8. The Bertz CT molecular complexity index is 809. The molecule has 0 aromatic rings. The van der Waals surface area contributed by atoms with Crippen LogP contribution in [-0.2, 0) is 23.9 Å². The molecule has 1 aliphatic heterocycles. The summed E-state index contributed by atoms with van der Waals surface area (Å²) in [5.74, 6) is -2.33. The standard InChI is InChI=1S/C24H43N5O7/c1-13(2)11-15(20(32)25-8)27-17(31)12-26-21(33)19-16(30)9-10-29(19)22(34)18(14(3)4)28-23(35)36-24(5,6)7/h13-16,18-19,30H,9-12H2,1-8H3,(H,25,32)(H,26,33)(H,27,31)(H,28,35)/t15-,16-,18-,19+/m0/s1. The lowest BCUT2D eigenvalue weighted by atomic mass is 10.0. The van der Waals surface area contributed by atoms with Crippen LogP contribution in [0.4, 0.5) is 4.79 Å². The van der Waals surface area contributed by atoms with Gasteiger partial charge in [-0.3, -0.25) is 19.2 Å². The minimum atomic E-state index is -1.22. The van der Waals surface area contributed by atoms with Crippen molar-refractivity contribution >= 4 is 29.7 Å². The summed E-state index contributed by atoms with van der Waals surface area (Å²) in [5.41, 5.74) is -0.756. The number of ether oxygens (including phenoxy) is 1. The number of likely N-dealkylation sites (N-methyl/N-ethyl adjacent to an activating group) is 1. The molecule has 0 radical (unpaired) electrons. The van der Waals surface area contributed by atoms with E-state index in [9.17, 15) is 29.1 Å². The van der Waals surface area contributed by atoms with Crippen molar-refractivity contribution in [3.05, 3.63) is 0 Å². The van der Waals surface area contributed by atoms with E-state index in [1.807, 2.05) is 13.8 Å². The van der Waals surface area contributed by atoms with E-state index in [2.05, 4.69) is 21.3 Å². The van der Waals surface area contributed by atoms with Crippen molar-refractivity contribution in [1.82, 2.24) is 26.2 Å². The second kappa shape index (κ2) is 13.4. The molecular formula is C24H43N5O7. The van der Waals surface area contributed by atoms with Crippen LogP contribution in [0, 0.1) is 11.8 Å². The van der Waals surface area contributed by atoms with Crippen molar-refractivity contribution in [2.45, 2.75) is 91.1 Å². The zero-order valence-electron chi connectivity index (χ0n) is 22.6. The van der Waals surface area contributed by atoms with Gasteiger partial charge >= 0.3 is 6.09 Å².